The van der Waals surface area contributed by atoms with Crippen molar-refractivity contribution in [3.63, 3.8) is 0 Å². The van der Waals surface area contributed by atoms with Gasteiger partial charge in [-0.1, -0.05) is 18.2 Å². The number of carbonyl (C=O) groups is 1. The van der Waals surface area contributed by atoms with Gasteiger partial charge in [0.1, 0.15) is 28.2 Å². The molecule has 0 saturated carbocycles. The standard InChI is InChI=1S/C26H31N3O7S2/c1-18-15-19(23-5-3-4-6-24(23)28-18)17-36-20-7-9-22(10-8-20)38(34,35)27-16-25(26(30)31)29-13-11-21(12-14-29)37(2,32)33/h3-10,15,21,25,27H,11-14,16-17H2,1-2H3,(H,30,31)/t25-/m0/s1. The van der Waals surface area contributed by atoms with Crippen LogP contribution in [0.3, 0.4) is 0 Å². The molecule has 1 aliphatic heterocycles. The highest BCUT2D eigenvalue weighted by molar-refractivity contribution is 7.91. The lowest BCUT2D eigenvalue weighted by atomic mass is 10.1. The summed E-state index contributed by atoms with van der Waals surface area (Å²) in [4.78, 5) is 18.0. The van der Waals surface area contributed by atoms with E-state index in [4.69, 9.17) is 4.74 Å². The molecule has 2 heterocycles. The summed E-state index contributed by atoms with van der Waals surface area (Å²) in [5.41, 5.74) is 2.71. The van der Waals surface area contributed by atoms with Gasteiger partial charge < -0.3 is 9.84 Å². The fourth-order valence-electron chi connectivity index (χ4n) is 4.65. The summed E-state index contributed by atoms with van der Waals surface area (Å²) in [6, 6.07) is 14.5. The first kappa shape index (κ1) is 28.0. The van der Waals surface area contributed by atoms with Crippen molar-refractivity contribution in [2.75, 3.05) is 25.9 Å². The van der Waals surface area contributed by atoms with Gasteiger partial charge in [-0.15, -0.1) is 0 Å². The highest BCUT2D eigenvalue weighted by Gasteiger charge is 2.33. The van der Waals surface area contributed by atoms with Gasteiger partial charge in [-0.25, -0.2) is 21.6 Å². The molecule has 2 N–H and O–H groups in total. The van der Waals surface area contributed by atoms with Crippen molar-refractivity contribution < 1.29 is 31.5 Å². The highest BCUT2D eigenvalue weighted by Crippen LogP contribution is 2.23. The van der Waals surface area contributed by atoms with E-state index in [9.17, 15) is 26.7 Å². The lowest BCUT2D eigenvalue weighted by molar-refractivity contribution is -0.143. The monoisotopic (exact) mass is 561 g/mol. The van der Waals surface area contributed by atoms with Crippen LogP contribution in [0.2, 0.25) is 0 Å². The zero-order valence-electron chi connectivity index (χ0n) is 21.2. The molecule has 0 amide bonds. The molecule has 12 heteroatoms. The molecule has 3 aromatic rings. The molecule has 0 unspecified atom stereocenters. The molecule has 0 spiro atoms. The third-order valence-corrected chi connectivity index (χ3v) is 9.85. The maximum Gasteiger partial charge on any atom is 0.322 e. The fourth-order valence-corrected chi connectivity index (χ4v) is 6.76. The van der Waals surface area contributed by atoms with Crippen molar-refractivity contribution in [2.24, 2.45) is 0 Å². The predicted molar refractivity (Wildman–Crippen MR) is 143 cm³/mol. The second-order valence-corrected chi connectivity index (χ2v) is 13.6. The Hall–Kier alpha value is -3.06. The summed E-state index contributed by atoms with van der Waals surface area (Å²) in [7, 11) is -7.18. The number of rotatable bonds is 10. The average Bonchev–Trinajstić information content (AvgIpc) is 2.87. The summed E-state index contributed by atoms with van der Waals surface area (Å²) in [6.07, 6.45) is 1.80. The fraction of sp³-hybridized carbons (Fsp3) is 0.385. The summed E-state index contributed by atoms with van der Waals surface area (Å²) in [5, 5.41) is 10.2. The minimum Gasteiger partial charge on any atom is -0.489 e. The maximum atomic E-state index is 12.9. The number of para-hydroxylation sites is 1. The zero-order chi connectivity index (χ0) is 27.5. The first-order valence-electron chi connectivity index (χ1n) is 12.2. The van der Waals surface area contributed by atoms with Crippen LogP contribution in [-0.2, 0) is 31.3 Å². The Morgan fingerprint density at radius 3 is 2.39 bits per heavy atom. The van der Waals surface area contributed by atoms with Gasteiger partial charge in [0.05, 0.1) is 15.7 Å². The lowest BCUT2D eigenvalue weighted by Crippen LogP contribution is -2.52. The molecule has 1 aromatic heterocycles. The van der Waals surface area contributed by atoms with E-state index in [-0.39, 0.29) is 31.1 Å². The Morgan fingerprint density at radius 2 is 1.76 bits per heavy atom. The molecule has 1 atom stereocenters. The van der Waals surface area contributed by atoms with Crippen LogP contribution in [0.25, 0.3) is 10.9 Å². The van der Waals surface area contributed by atoms with Gasteiger partial charge in [0.25, 0.3) is 0 Å². The van der Waals surface area contributed by atoms with Gasteiger partial charge in [-0.2, -0.15) is 0 Å². The van der Waals surface area contributed by atoms with Crippen LogP contribution in [-0.4, -0.2) is 75.0 Å². The minimum atomic E-state index is -3.98. The Morgan fingerprint density at radius 1 is 1.11 bits per heavy atom. The van der Waals surface area contributed by atoms with Crippen molar-refractivity contribution in [2.45, 2.75) is 42.6 Å². The molecule has 0 aliphatic carbocycles. The molecule has 1 aliphatic rings. The first-order valence-corrected chi connectivity index (χ1v) is 15.6. The van der Waals surface area contributed by atoms with Crippen LogP contribution in [0, 0.1) is 6.92 Å². The number of piperidine rings is 1. The largest absolute Gasteiger partial charge is 0.489 e. The Kier molecular flexibility index (Phi) is 8.36. The third kappa shape index (κ3) is 6.68. The van der Waals surface area contributed by atoms with Crippen molar-refractivity contribution in [3.8, 4) is 5.75 Å². The molecule has 10 nitrogen and oxygen atoms in total. The van der Waals surface area contributed by atoms with Crippen LogP contribution >= 0.6 is 0 Å². The van der Waals surface area contributed by atoms with Crippen LogP contribution < -0.4 is 9.46 Å². The number of sulfonamides is 1. The van der Waals surface area contributed by atoms with E-state index in [1.54, 1.807) is 17.0 Å². The average molecular weight is 562 g/mol. The van der Waals surface area contributed by atoms with Gasteiger partial charge >= 0.3 is 5.97 Å². The normalized spacial score (nSPS) is 16.4. The predicted octanol–water partition coefficient (Wildman–Crippen LogP) is 2.36. The van der Waals surface area contributed by atoms with E-state index in [0.29, 0.717) is 18.6 Å². The second kappa shape index (κ2) is 11.4. The number of aromatic nitrogens is 1. The summed E-state index contributed by atoms with van der Waals surface area (Å²) in [5.74, 6) is -0.687. The van der Waals surface area contributed by atoms with Crippen LogP contribution in [0.5, 0.6) is 5.75 Å². The lowest BCUT2D eigenvalue weighted by Gasteiger charge is -2.35. The van der Waals surface area contributed by atoms with Crippen molar-refractivity contribution in [1.29, 1.82) is 0 Å². The molecule has 4 rings (SSSR count). The van der Waals surface area contributed by atoms with Crippen LogP contribution in [0.15, 0.2) is 59.5 Å². The van der Waals surface area contributed by atoms with Crippen LogP contribution in [0.4, 0.5) is 0 Å². The number of ether oxygens (including phenoxy) is 1. The number of aliphatic carboxylic acids is 1. The first-order chi connectivity index (χ1) is 17.9. The van der Waals surface area contributed by atoms with Crippen molar-refractivity contribution in [1.82, 2.24) is 14.6 Å². The van der Waals surface area contributed by atoms with Crippen molar-refractivity contribution >= 4 is 36.7 Å². The molecule has 0 bridgehead atoms. The van der Waals surface area contributed by atoms with Crippen LogP contribution in [0.1, 0.15) is 24.1 Å². The summed E-state index contributed by atoms with van der Waals surface area (Å²) >= 11 is 0. The number of pyridine rings is 1. The van der Waals surface area contributed by atoms with Crippen molar-refractivity contribution in [3.05, 3.63) is 65.9 Å². The number of carboxylic acids is 1. The minimum absolute atomic E-state index is 0.0185. The van der Waals surface area contributed by atoms with E-state index < -0.39 is 37.1 Å². The number of hydrogen-bond acceptors (Lipinski definition) is 8. The van der Waals surface area contributed by atoms with E-state index in [2.05, 4.69) is 9.71 Å². The van der Waals surface area contributed by atoms with E-state index >= 15 is 0 Å². The molecule has 2 aromatic carbocycles. The number of nitrogens with one attached hydrogen (secondary N) is 1. The summed E-state index contributed by atoms with van der Waals surface area (Å²) in [6.45, 7) is 2.37. The molecule has 1 saturated heterocycles. The summed E-state index contributed by atoms with van der Waals surface area (Å²) < 4.78 is 57.5. The van der Waals surface area contributed by atoms with E-state index in [1.165, 1.54) is 18.4 Å². The quantitative estimate of drug-likeness (QED) is 0.381. The number of fused-ring (bicyclic) bond motifs is 1. The third-order valence-electron chi connectivity index (χ3n) is 6.73. The highest BCUT2D eigenvalue weighted by atomic mass is 32.2. The second-order valence-electron chi connectivity index (χ2n) is 9.47. The van der Waals surface area contributed by atoms with E-state index in [0.717, 1.165) is 22.2 Å². The number of nitrogens with zero attached hydrogens (tertiary/aromatic N) is 2. The Bertz CT molecular complexity index is 1520. The van der Waals surface area contributed by atoms with Gasteiger partial charge in [0, 0.05) is 42.5 Å². The molecule has 38 heavy (non-hydrogen) atoms. The number of aryl methyl sites for hydroxylation is 1. The smallest absolute Gasteiger partial charge is 0.322 e. The Balaban J connectivity index is 1.37. The van der Waals surface area contributed by atoms with Gasteiger partial charge in [0.15, 0.2) is 0 Å². The maximum absolute atomic E-state index is 12.9. The molecule has 204 valence electrons. The number of sulfone groups is 1. The molecular weight excluding hydrogens is 530 g/mol. The molecule has 1 fully saturated rings. The number of hydrogen-bond donors (Lipinski definition) is 2. The topological polar surface area (TPSA) is 143 Å². The number of benzene rings is 2. The van der Waals surface area contributed by atoms with Gasteiger partial charge in [-0.3, -0.25) is 14.7 Å². The van der Waals surface area contributed by atoms with Gasteiger partial charge in [-0.05, 0) is 56.2 Å². The van der Waals surface area contributed by atoms with E-state index in [1.807, 2.05) is 37.3 Å². The zero-order valence-corrected chi connectivity index (χ0v) is 22.8. The SMILES string of the molecule is Cc1cc(COc2ccc(S(=O)(=O)NC[C@@H](C(=O)O)N3CCC(S(C)(=O)=O)CC3)cc2)c2ccccc2n1. The number of carboxylic acid groups (broad SMARTS) is 1. The van der Waals surface area contributed by atoms with Gasteiger partial charge in [0.2, 0.25) is 10.0 Å². The Labute approximate surface area is 222 Å². The number of likely N-dealkylation sites (tertiary alicyclic amines) is 1. The molecule has 0 radical (unpaired) electrons. The molecular formula is C26H31N3O7S2.